The first-order valence-electron chi connectivity index (χ1n) is 6.56. The third-order valence-corrected chi connectivity index (χ3v) is 3.44. The monoisotopic (exact) mass is 281 g/mol. The molecule has 1 aromatic rings. The van der Waals surface area contributed by atoms with Crippen LogP contribution in [0, 0.1) is 5.92 Å². The number of rotatable bonds is 5. The van der Waals surface area contributed by atoms with Crippen LogP contribution in [0.1, 0.15) is 24.9 Å². The normalized spacial score (nSPS) is 21.7. The van der Waals surface area contributed by atoms with Gasteiger partial charge in [-0.1, -0.05) is 0 Å². The van der Waals surface area contributed by atoms with E-state index in [1.54, 1.807) is 12.1 Å². The number of phenolic OH excluding ortho intramolecular Hbond substituents is 1. The Morgan fingerprint density at radius 2 is 2.25 bits per heavy atom. The molecule has 2 unspecified atom stereocenters. The van der Waals surface area contributed by atoms with Crippen molar-refractivity contribution in [1.29, 1.82) is 0 Å². The number of carbonyl (C=O) groups is 1. The van der Waals surface area contributed by atoms with Crippen LogP contribution in [0.4, 0.5) is 0 Å². The predicted octanol–water partition coefficient (Wildman–Crippen LogP) is 1.53. The first kappa shape index (κ1) is 14.5. The third-order valence-electron chi connectivity index (χ3n) is 3.44. The standard InChI is InChI=1S/C14H19NO5/c1-3-20-12-6-8(5-11(16)13(12)19-2)10-4-9(7-15-10)14(17)18/h5-6,9-10,15-16H,3-4,7H2,1-2H3,(H,17,18). The largest absolute Gasteiger partial charge is 0.504 e. The molecule has 0 saturated carbocycles. The van der Waals surface area contributed by atoms with Crippen LogP contribution in [-0.4, -0.2) is 36.4 Å². The Morgan fingerprint density at radius 1 is 1.50 bits per heavy atom. The van der Waals surface area contributed by atoms with Crippen molar-refractivity contribution < 1.29 is 24.5 Å². The Kier molecular flexibility index (Phi) is 4.34. The van der Waals surface area contributed by atoms with Crippen LogP contribution in [0.3, 0.4) is 0 Å². The van der Waals surface area contributed by atoms with E-state index in [4.69, 9.17) is 14.6 Å². The molecular formula is C14H19NO5. The van der Waals surface area contributed by atoms with E-state index in [0.717, 1.165) is 5.56 Å². The van der Waals surface area contributed by atoms with Gasteiger partial charge in [-0.3, -0.25) is 4.79 Å². The van der Waals surface area contributed by atoms with Gasteiger partial charge >= 0.3 is 5.97 Å². The lowest BCUT2D eigenvalue weighted by Crippen LogP contribution is -2.17. The minimum atomic E-state index is -0.803. The van der Waals surface area contributed by atoms with Gasteiger partial charge in [-0.05, 0) is 31.0 Å². The summed E-state index contributed by atoms with van der Waals surface area (Å²) in [6, 6.07) is 3.26. The van der Waals surface area contributed by atoms with E-state index in [-0.39, 0.29) is 11.8 Å². The predicted molar refractivity (Wildman–Crippen MR) is 72.3 cm³/mol. The molecule has 0 amide bonds. The zero-order valence-electron chi connectivity index (χ0n) is 11.5. The van der Waals surface area contributed by atoms with Crippen LogP contribution in [0.2, 0.25) is 0 Å². The Balaban J connectivity index is 2.27. The maximum atomic E-state index is 11.0. The summed E-state index contributed by atoms with van der Waals surface area (Å²) < 4.78 is 10.6. The molecule has 6 nitrogen and oxygen atoms in total. The maximum absolute atomic E-state index is 11.0. The van der Waals surface area contributed by atoms with Gasteiger partial charge in [0.2, 0.25) is 5.75 Å². The van der Waals surface area contributed by atoms with Gasteiger partial charge in [0.25, 0.3) is 0 Å². The summed E-state index contributed by atoms with van der Waals surface area (Å²) in [6.07, 6.45) is 0.493. The molecule has 20 heavy (non-hydrogen) atoms. The molecule has 110 valence electrons. The average molecular weight is 281 g/mol. The minimum Gasteiger partial charge on any atom is -0.504 e. The molecule has 0 radical (unpaired) electrons. The number of methoxy groups -OCH3 is 1. The van der Waals surface area contributed by atoms with Crippen LogP contribution >= 0.6 is 0 Å². The molecule has 1 saturated heterocycles. The first-order chi connectivity index (χ1) is 9.56. The van der Waals surface area contributed by atoms with Crippen LogP contribution in [0.25, 0.3) is 0 Å². The zero-order valence-corrected chi connectivity index (χ0v) is 11.5. The van der Waals surface area contributed by atoms with Gasteiger partial charge in [0.05, 0.1) is 19.6 Å². The van der Waals surface area contributed by atoms with Crippen molar-refractivity contribution in [3.8, 4) is 17.2 Å². The number of phenols is 1. The van der Waals surface area contributed by atoms with Crippen LogP contribution in [-0.2, 0) is 4.79 Å². The number of hydrogen-bond donors (Lipinski definition) is 3. The Hall–Kier alpha value is -1.95. The molecular weight excluding hydrogens is 262 g/mol. The molecule has 0 aromatic heterocycles. The third kappa shape index (κ3) is 2.80. The van der Waals surface area contributed by atoms with Crippen molar-refractivity contribution in [2.45, 2.75) is 19.4 Å². The number of carboxylic acids is 1. The molecule has 2 rings (SSSR count). The average Bonchev–Trinajstić information content (AvgIpc) is 2.88. The molecule has 1 fully saturated rings. The second kappa shape index (κ2) is 6.00. The van der Waals surface area contributed by atoms with Gasteiger partial charge in [0, 0.05) is 12.6 Å². The molecule has 2 atom stereocenters. The van der Waals surface area contributed by atoms with E-state index in [9.17, 15) is 9.90 Å². The summed E-state index contributed by atoms with van der Waals surface area (Å²) in [4.78, 5) is 11.0. The highest BCUT2D eigenvalue weighted by Crippen LogP contribution is 2.41. The zero-order chi connectivity index (χ0) is 14.7. The highest BCUT2D eigenvalue weighted by atomic mass is 16.5. The van der Waals surface area contributed by atoms with Crippen molar-refractivity contribution in [1.82, 2.24) is 5.32 Å². The number of aromatic hydroxyl groups is 1. The highest BCUT2D eigenvalue weighted by molar-refractivity contribution is 5.71. The topological polar surface area (TPSA) is 88.0 Å². The smallest absolute Gasteiger partial charge is 0.307 e. The molecule has 1 heterocycles. The summed E-state index contributed by atoms with van der Waals surface area (Å²) in [5.74, 6) is -0.453. The van der Waals surface area contributed by atoms with Crippen LogP contribution < -0.4 is 14.8 Å². The summed E-state index contributed by atoms with van der Waals surface area (Å²) in [5.41, 5.74) is 0.801. The van der Waals surface area contributed by atoms with Gasteiger partial charge < -0.3 is 25.0 Å². The van der Waals surface area contributed by atoms with E-state index < -0.39 is 11.9 Å². The molecule has 3 N–H and O–H groups in total. The lowest BCUT2D eigenvalue weighted by atomic mass is 9.99. The van der Waals surface area contributed by atoms with Gasteiger partial charge in [-0.2, -0.15) is 0 Å². The number of ether oxygens (including phenoxy) is 2. The summed E-state index contributed by atoms with van der Waals surface area (Å²) in [6.45, 7) is 2.73. The summed E-state index contributed by atoms with van der Waals surface area (Å²) in [5, 5.41) is 22.2. The molecule has 1 aliphatic rings. The van der Waals surface area contributed by atoms with E-state index >= 15 is 0 Å². The fraction of sp³-hybridized carbons (Fsp3) is 0.500. The molecule has 0 aliphatic carbocycles. The SMILES string of the molecule is CCOc1cc(C2CC(C(=O)O)CN2)cc(O)c1OC. The summed E-state index contributed by atoms with van der Waals surface area (Å²) >= 11 is 0. The Morgan fingerprint density at radius 3 is 2.80 bits per heavy atom. The quantitative estimate of drug-likeness (QED) is 0.758. The van der Waals surface area contributed by atoms with Crippen molar-refractivity contribution in [3.05, 3.63) is 17.7 Å². The number of aliphatic carboxylic acids is 1. The van der Waals surface area contributed by atoms with Crippen molar-refractivity contribution in [2.24, 2.45) is 5.92 Å². The van der Waals surface area contributed by atoms with Crippen molar-refractivity contribution in [3.63, 3.8) is 0 Å². The minimum absolute atomic E-state index is 0.00553. The number of benzene rings is 1. The van der Waals surface area contributed by atoms with Gasteiger partial charge in [-0.25, -0.2) is 0 Å². The molecule has 1 aliphatic heterocycles. The molecule has 6 heteroatoms. The second-order valence-electron chi connectivity index (χ2n) is 4.74. The van der Waals surface area contributed by atoms with E-state index in [0.29, 0.717) is 31.1 Å². The van der Waals surface area contributed by atoms with Gasteiger partial charge in [0.15, 0.2) is 11.5 Å². The van der Waals surface area contributed by atoms with E-state index in [1.165, 1.54) is 7.11 Å². The lowest BCUT2D eigenvalue weighted by Gasteiger charge is -2.16. The summed E-state index contributed by atoms with van der Waals surface area (Å²) in [7, 11) is 1.46. The first-order valence-corrected chi connectivity index (χ1v) is 6.56. The highest BCUT2D eigenvalue weighted by Gasteiger charge is 2.31. The fourth-order valence-electron chi connectivity index (χ4n) is 2.46. The van der Waals surface area contributed by atoms with Gasteiger partial charge in [0.1, 0.15) is 0 Å². The maximum Gasteiger partial charge on any atom is 0.307 e. The second-order valence-corrected chi connectivity index (χ2v) is 4.74. The lowest BCUT2D eigenvalue weighted by molar-refractivity contribution is -0.141. The van der Waals surface area contributed by atoms with E-state index in [1.807, 2.05) is 6.92 Å². The number of nitrogens with one attached hydrogen (secondary N) is 1. The molecule has 0 spiro atoms. The molecule has 1 aromatic carbocycles. The van der Waals surface area contributed by atoms with Crippen molar-refractivity contribution >= 4 is 5.97 Å². The van der Waals surface area contributed by atoms with E-state index in [2.05, 4.69) is 5.32 Å². The van der Waals surface area contributed by atoms with Gasteiger partial charge in [-0.15, -0.1) is 0 Å². The Labute approximate surface area is 117 Å². The Bertz CT molecular complexity index is 503. The van der Waals surface area contributed by atoms with Crippen LogP contribution in [0.5, 0.6) is 17.2 Å². The van der Waals surface area contributed by atoms with Crippen LogP contribution in [0.15, 0.2) is 12.1 Å². The van der Waals surface area contributed by atoms with Crippen molar-refractivity contribution in [2.75, 3.05) is 20.3 Å². The fourth-order valence-corrected chi connectivity index (χ4v) is 2.46. The molecule has 0 bridgehead atoms. The number of hydrogen-bond acceptors (Lipinski definition) is 5. The number of carboxylic acid groups (broad SMARTS) is 1.